The SMILES string of the molecule is CC/C(=N/NC(=O)CN1c2cccc3cccc(c23)S1(=O)=O)c1ccc(F)cc1. The number of halogens is 1. The van der Waals surface area contributed by atoms with Gasteiger partial charge in [0.05, 0.1) is 16.3 Å². The molecule has 8 heteroatoms. The lowest BCUT2D eigenvalue weighted by molar-refractivity contribution is -0.119. The molecule has 0 radical (unpaired) electrons. The minimum absolute atomic E-state index is 0.197. The molecule has 0 spiro atoms. The van der Waals surface area contributed by atoms with E-state index in [2.05, 4.69) is 10.5 Å². The van der Waals surface area contributed by atoms with Crippen molar-refractivity contribution in [2.75, 3.05) is 10.8 Å². The second kappa shape index (κ2) is 7.29. The van der Waals surface area contributed by atoms with Gasteiger partial charge in [0.15, 0.2) is 0 Å². The number of sulfonamides is 1. The van der Waals surface area contributed by atoms with Crippen molar-refractivity contribution in [1.82, 2.24) is 5.43 Å². The van der Waals surface area contributed by atoms with Gasteiger partial charge in [-0.15, -0.1) is 0 Å². The van der Waals surface area contributed by atoms with Crippen molar-refractivity contribution in [1.29, 1.82) is 0 Å². The number of rotatable bonds is 5. The molecule has 0 aromatic heterocycles. The van der Waals surface area contributed by atoms with Crippen molar-refractivity contribution in [2.24, 2.45) is 5.10 Å². The van der Waals surface area contributed by atoms with Crippen molar-refractivity contribution in [2.45, 2.75) is 18.2 Å². The molecule has 0 saturated heterocycles. The van der Waals surface area contributed by atoms with E-state index in [1.54, 1.807) is 36.4 Å². The Hall–Kier alpha value is -3.26. The van der Waals surface area contributed by atoms with E-state index >= 15 is 0 Å². The zero-order chi connectivity index (χ0) is 20.6. The molecule has 0 atom stereocenters. The van der Waals surface area contributed by atoms with Crippen LogP contribution in [-0.2, 0) is 14.8 Å². The first kappa shape index (κ1) is 19.1. The molecular formula is C21H18FN3O3S. The normalized spacial score (nSPS) is 15.0. The van der Waals surface area contributed by atoms with E-state index < -0.39 is 15.9 Å². The van der Waals surface area contributed by atoms with E-state index in [1.807, 2.05) is 19.1 Å². The standard InChI is InChI=1S/C21H18FN3O3S/c1-2-17(14-9-11-16(22)12-10-14)23-24-20(26)13-25-18-7-3-5-15-6-4-8-19(21(15)18)29(25,27)28/h3-12H,2,13H2,1H3,(H,24,26)/b23-17-. The second-order valence-corrected chi connectivity index (χ2v) is 8.43. The third-order valence-corrected chi connectivity index (χ3v) is 6.60. The van der Waals surface area contributed by atoms with Gasteiger partial charge in [-0.05, 0) is 41.6 Å². The van der Waals surface area contributed by atoms with E-state index in [0.717, 1.165) is 9.69 Å². The zero-order valence-electron chi connectivity index (χ0n) is 15.6. The largest absolute Gasteiger partial charge is 0.271 e. The molecule has 29 heavy (non-hydrogen) atoms. The number of hydrogen-bond acceptors (Lipinski definition) is 4. The Kier molecular flexibility index (Phi) is 4.79. The highest BCUT2D eigenvalue weighted by Crippen LogP contribution is 2.41. The van der Waals surface area contributed by atoms with Crippen molar-refractivity contribution < 1.29 is 17.6 Å². The molecule has 1 heterocycles. The predicted octanol–water partition coefficient (Wildman–Crippen LogP) is 3.42. The van der Waals surface area contributed by atoms with Crippen LogP contribution in [0.4, 0.5) is 10.1 Å². The lowest BCUT2D eigenvalue weighted by Gasteiger charge is -2.17. The van der Waals surface area contributed by atoms with Crippen molar-refractivity contribution >= 4 is 38.1 Å². The van der Waals surface area contributed by atoms with Crippen LogP contribution in [-0.4, -0.2) is 26.6 Å². The summed E-state index contributed by atoms with van der Waals surface area (Å²) in [6.45, 7) is 1.47. The molecule has 1 amide bonds. The van der Waals surface area contributed by atoms with Crippen molar-refractivity contribution in [3.63, 3.8) is 0 Å². The molecule has 0 fully saturated rings. The molecule has 3 aromatic carbocycles. The zero-order valence-corrected chi connectivity index (χ0v) is 16.4. The quantitative estimate of drug-likeness (QED) is 0.516. The van der Waals surface area contributed by atoms with Crippen LogP contribution < -0.4 is 9.73 Å². The van der Waals surface area contributed by atoms with Crippen LogP contribution in [0.5, 0.6) is 0 Å². The van der Waals surface area contributed by atoms with Crippen LogP contribution >= 0.6 is 0 Å². The fourth-order valence-corrected chi connectivity index (χ4v) is 5.08. The number of hydrazone groups is 1. The highest BCUT2D eigenvalue weighted by Gasteiger charge is 2.36. The van der Waals surface area contributed by atoms with Gasteiger partial charge in [0.1, 0.15) is 12.4 Å². The second-order valence-electron chi connectivity index (χ2n) is 6.60. The van der Waals surface area contributed by atoms with Gasteiger partial charge in [-0.1, -0.05) is 43.3 Å². The van der Waals surface area contributed by atoms with Crippen LogP contribution in [0.25, 0.3) is 10.8 Å². The van der Waals surface area contributed by atoms with Gasteiger partial charge in [-0.25, -0.2) is 18.2 Å². The highest BCUT2D eigenvalue weighted by molar-refractivity contribution is 7.93. The Balaban J connectivity index is 1.58. The van der Waals surface area contributed by atoms with Gasteiger partial charge in [0, 0.05) is 5.39 Å². The number of amides is 1. The average Bonchev–Trinajstić information content (AvgIpc) is 2.93. The van der Waals surface area contributed by atoms with E-state index in [4.69, 9.17) is 0 Å². The molecular weight excluding hydrogens is 393 g/mol. The minimum Gasteiger partial charge on any atom is -0.271 e. The van der Waals surface area contributed by atoms with Crippen LogP contribution in [0.2, 0.25) is 0 Å². The summed E-state index contributed by atoms with van der Waals surface area (Å²) in [6.07, 6.45) is 0.513. The monoisotopic (exact) mass is 411 g/mol. The van der Waals surface area contributed by atoms with Crippen LogP contribution in [0.1, 0.15) is 18.9 Å². The lowest BCUT2D eigenvalue weighted by atomic mass is 10.1. The molecule has 1 N–H and O–H groups in total. The number of carbonyl (C=O) groups is 1. The van der Waals surface area contributed by atoms with Crippen molar-refractivity contribution in [3.8, 4) is 0 Å². The molecule has 3 aromatic rings. The van der Waals surface area contributed by atoms with Crippen LogP contribution in [0.15, 0.2) is 70.7 Å². The van der Waals surface area contributed by atoms with Gasteiger partial charge < -0.3 is 0 Å². The van der Waals surface area contributed by atoms with Gasteiger partial charge in [-0.3, -0.25) is 9.10 Å². The predicted molar refractivity (Wildman–Crippen MR) is 110 cm³/mol. The number of hydrogen-bond donors (Lipinski definition) is 1. The summed E-state index contributed by atoms with van der Waals surface area (Å²) in [5.74, 6) is -0.923. The smallest absolute Gasteiger partial charge is 0.265 e. The Morgan fingerprint density at radius 2 is 1.76 bits per heavy atom. The summed E-state index contributed by atoms with van der Waals surface area (Å²) >= 11 is 0. The minimum atomic E-state index is -3.81. The summed E-state index contributed by atoms with van der Waals surface area (Å²) in [6, 6.07) is 16.1. The maximum atomic E-state index is 13.1. The Labute approximate surface area is 167 Å². The number of nitrogens with zero attached hydrogens (tertiary/aromatic N) is 2. The summed E-state index contributed by atoms with van der Waals surface area (Å²) < 4.78 is 40.0. The maximum absolute atomic E-state index is 13.1. The Morgan fingerprint density at radius 3 is 2.45 bits per heavy atom. The molecule has 148 valence electrons. The third-order valence-electron chi connectivity index (χ3n) is 4.80. The summed E-state index contributed by atoms with van der Waals surface area (Å²) in [7, 11) is -3.81. The van der Waals surface area contributed by atoms with Crippen LogP contribution in [0.3, 0.4) is 0 Å². The van der Waals surface area contributed by atoms with E-state index in [9.17, 15) is 17.6 Å². The fraction of sp³-hybridized carbons (Fsp3) is 0.143. The number of carbonyl (C=O) groups excluding carboxylic acids is 1. The first-order valence-corrected chi connectivity index (χ1v) is 10.5. The van der Waals surface area contributed by atoms with Gasteiger partial charge in [0.2, 0.25) is 0 Å². The number of nitrogens with one attached hydrogen (secondary N) is 1. The molecule has 0 saturated carbocycles. The fourth-order valence-electron chi connectivity index (χ4n) is 3.41. The molecule has 0 aliphatic carbocycles. The number of benzene rings is 3. The molecule has 1 aliphatic heterocycles. The lowest BCUT2D eigenvalue weighted by Crippen LogP contribution is -2.37. The molecule has 6 nitrogen and oxygen atoms in total. The summed E-state index contributed by atoms with van der Waals surface area (Å²) in [5.41, 5.74) is 4.14. The first-order chi connectivity index (χ1) is 13.9. The third kappa shape index (κ3) is 3.36. The summed E-state index contributed by atoms with van der Waals surface area (Å²) in [5, 5.41) is 5.52. The summed E-state index contributed by atoms with van der Waals surface area (Å²) in [4.78, 5) is 12.7. The maximum Gasteiger partial charge on any atom is 0.265 e. The van der Waals surface area contributed by atoms with E-state index in [0.29, 0.717) is 28.8 Å². The first-order valence-electron chi connectivity index (χ1n) is 9.07. The van der Waals surface area contributed by atoms with Gasteiger partial charge in [0.25, 0.3) is 15.9 Å². The molecule has 0 unspecified atom stereocenters. The van der Waals surface area contributed by atoms with Crippen LogP contribution in [0, 0.1) is 5.82 Å². The van der Waals surface area contributed by atoms with Crippen molar-refractivity contribution in [3.05, 3.63) is 72.0 Å². The molecule has 0 bridgehead atoms. The van der Waals surface area contributed by atoms with Gasteiger partial charge >= 0.3 is 0 Å². The average molecular weight is 411 g/mol. The topological polar surface area (TPSA) is 78.8 Å². The number of anilines is 1. The van der Waals surface area contributed by atoms with E-state index in [-0.39, 0.29) is 17.3 Å². The van der Waals surface area contributed by atoms with E-state index in [1.165, 1.54) is 12.1 Å². The molecule has 1 aliphatic rings. The Bertz CT molecular complexity index is 1230. The van der Waals surface area contributed by atoms with Gasteiger partial charge in [-0.2, -0.15) is 5.10 Å². The highest BCUT2D eigenvalue weighted by atomic mass is 32.2. The molecule has 4 rings (SSSR count). The Morgan fingerprint density at radius 1 is 1.07 bits per heavy atom.